The highest BCUT2D eigenvalue weighted by Gasteiger charge is 2.16. The van der Waals surface area contributed by atoms with E-state index in [1.165, 1.54) is 11.3 Å². The van der Waals surface area contributed by atoms with Crippen LogP contribution in [-0.2, 0) is 4.79 Å². The Labute approximate surface area is 117 Å². The molecule has 0 aliphatic carbocycles. The Bertz CT molecular complexity index is 344. The van der Waals surface area contributed by atoms with E-state index in [0.29, 0.717) is 6.54 Å². The molecule has 1 unspecified atom stereocenters. The van der Waals surface area contributed by atoms with Crippen LogP contribution in [0.4, 0.5) is 0 Å². The van der Waals surface area contributed by atoms with Gasteiger partial charge >= 0.3 is 0 Å². The van der Waals surface area contributed by atoms with E-state index in [-0.39, 0.29) is 24.2 Å². The third-order valence-electron chi connectivity index (χ3n) is 2.32. The summed E-state index contributed by atoms with van der Waals surface area (Å²) in [6, 6.07) is 3.73. The summed E-state index contributed by atoms with van der Waals surface area (Å²) in [5.74, 6) is -0.0540. The van der Waals surface area contributed by atoms with Crippen molar-refractivity contribution in [2.75, 3.05) is 20.1 Å². The molecule has 98 valence electrons. The van der Waals surface area contributed by atoms with Crippen LogP contribution < -0.4 is 10.6 Å². The van der Waals surface area contributed by atoms with Crippen molar-refractivity contribution in [2.45, 2.75) is 19.3 Å². The fourth-order valence-corrected chi connectivity index (χ4v) is 2.43. The predicted molar refractivity (Wildman–Crippen MR) is 76.5 cm³/mol. The zero-order valence-electron chi connectivity index (χ0n) is 9.96. The minimum absolute atomic E-state index is 0. The molecule has 0 bridgehead atoms. The first-order chi connectivity index (χ1) is 7.65. The Morgan fingerprint density at radius 1 is 1.47 bits per heavy atom. The number of hydrogen-bond acceptors (Lipinski definition) is 3. The molecule has 17 heavy (non-hydrogen) atoms. The van der Waals surface area contributed by atoms with Crippen LogP contribution in [0.15, 0.2) is 12.1 Å². The van der Waals surface area contributed by atoms with E-state index in [2.05, 4.69) is 10.6 Å². The first-order valence-electron chi connectivity index (χ1n) is 5.32. The van der Waals surface area contributed by atoms with Crippen molar-refractivity contribution >= 4 is 41.3 Å². The molecule has 1 aromatic rings. The van der Waals surface area contributed by atoms with Gasteiger partial charge in [-0.3, -0.25) is 4.79 Å². The van der Waals surface area contributed by atoms with Gasteiger partial charge in [0.1, 0.15) is 0 Å². The van der Waals surface area contributed by atoms with Gasteiger partial charge in [-0.2, -0.15) is 0 Å². The minimum atomic E-state index is -0.118. The lowest BCUT2D eigenvalue weighted by Gasteiger charge is -2.10. The molecule has 0 saturated carbocycles. The largest absolute Gasteiger partial charge is 0.356 e. The van der Waals surface area contributed by atoms with Crippen LogP contribution in [0.1, 0.15) is 24.1 Å². The van der Waals surface area contributed by atoms with Gasteiger partial charge in [0.2, 0.25) is 5.91 Å². The third kappa shape index (κ3) is 5.73. The van der Waals surface area contributed by atoms with Crippen LogP contribution in [0.3, 0.4) is 0 Å². The van der Waals surface area contributed by atoms with Crippen molar-refractivity contribution in [2.24, 2.45) is 0 Å². The molecule has 0 aliphatic heterocycles. The molecule has 1 aromatic heterocycles. The van der Waals surface area contributed by atoms with E-state index in [0.717, 1.165) is 22.2 Å². The molecule has 0 fully saturated rings. The molecule has 0 aromatic carbocycles. The molecule has 3 nitrogen and oxygen atoms in total. The summed E-state index contributed by atoms with van der Waals surface area (Å²) >= 11 is 7.29. The number of carbonyl (C=O) groups excluding carboxylic acids is 1. The number of thiophene rings is 1. The van der Waals surface area contributed by atoms with Gasteiger partial charge in [0.05, 0.1) is 10.3 Å². The number of nitrogens with one attached hydrogen (secondary N) is 2. The summed E-state index contributed by atoms with van der Waals surface area (Å²) in [6.45, 7) is 3.53. The second kappa shape index (κ2) is 8.75. The SMILES string of the molecule is CNCCCNC(=O)C(C)c1ccc(Cl)s1.Cl. The van der Waals surface area contributed by atoms with Gasteiger partial charge in [0, 0.05) is 11.4 Å². The van der Waals surface area contributed by atoms with Crippen molar-refractivity contribution in [1.82, 2.24) is 10.6 Å². The number of halogens is 2. The Hall–Kier alpha value is -0.290. The van der Waals surface area contributed by atoms with Gasteiger partial charge in [-0.25, -0.2) is 0 Å². The van der Waals surface area contributed by atoms with Gasteiger partial charge < -0.3 is 10.6 Å². The van der Waals surface area contributed by atoms with Crippen molar-refractivity contribution < 1.29 is 4.79 Å². The zero-order chi connectivity index (χ0) is 12.0. The molecule has 6 heteroatoms. The second-order valence-electron chi connectivity index (χ2n) is 3.61. The number of carbonyl (C=O) groups is 1. The Morgan fingerprint density at radius 3 is 2.71 bits per heavy atom. The van der Waals surface area contributed by atoms with E-state index in [4.69, 9.17) is 11.6 Å². The number of rotatable bonds is 6. The first-order valence-corrected chi connectivity index (χ1v) is 6.52. The molecule has 0 spiro atoms. The topological polar surface area (TPSA) is 41.1 Å². The van der Waals surface area contributed by atoms with Crippen LogP contribution in [0, 0.1) is 0 Å². The van der Waals surface area contributed by atoms with Crippen molar-refractivity contribution in [1.29, 1.82) is 0 Å². The summed E-state index contributed by atoms with van der Waals surface area (Å²) in [6.07, 6.45) is 0.945. The maximum atomic E-state index is 11.7. The van der Waals surface area contributed by atoms with Gasteiger partial charge in [-0.15, -0.1) is 23.7 Å². The quantitative estimate of drug-likeness (QED) is 0.793. The highest BCUT2D eigenvalue weighted by Crippen LogP contribution is 2.27. The van der Waals surface area contributed by atoms with Crippen molar-refractivity contribution in [3.63, 3.8) is 0 Å². The Balaban J connectivity index is 0.00000256. The Kier molecular flexibility index (Phi) is 8.60. The maximum absolute atomic E-state index is 11.7. The van der Waals surface area contributed by atoms with E-state index in [9.17, 15) is 4.79 Å². The summed E-state index contributed by atoms with van der Waals surface area (Å²) in [4.78, 5) is 12.8. The normalized spacial score (nSPS) is 11.7. The highest BCUT2D eigenvalue weighted by atomic mass is 35.5. The molecular formula is C11H18Cl2N2OS. The molecule has 0 radical (unpaired) electrons. The van der Waals surface area contributed by atoms with Crippen LogP contribution >= 0.6 is 35.3 Å². The smallest absolute Gasteiger partial charge is 0.228 e. The van der Waals surface area contributed by atoms with E-state index in [1.54, 1.807) is 0 Å². The van der Waals surface area contributed by atoms with Crippen LogP contribution in [-0.4, -0.2) is 26.0 Å². The molecule has 1 heterocycles. The standard InChI is InChI=1S/C11H17ClN2OS.ClH/c1-8(9-4-5-10(12)16-9)11(15)14-7-3-6-13-2;/h4-5,8,13H,3,6-7H2,1-2H3,(H,14,15);1H. The van der Waals surface area contributed by atoms with Crippen LogP contribution in [0.2, 0.25) is 4.34 Å². The van der Waals surface area contributed by atoms with Gasteiger partial charge in [-0.05, 0) is 39.1 Å². The zero-order valence-corrected chi connectivity index (χ0v) is 12.3. The second-order valence-corrected chi connectivity index (χ2v) is 5.36. The van der Waals surface area contributed by atoms with Gasteiger partial charge in [-0.1, -0.05) is 11.6 Å². The molecule has 2 N–H and O–H groups in total. The fraction of sp³-hybridized carbons (Fsp3) is 0.545. The summed E-state index contributed by atoms with van der Waals surface area (Å²) in [5, 5.41) is 5.95. The third-order valence-corrected chi connectivity index (χ3v) is 3.73. The minimum Gasteiger partial charge on any atom is -0.356 e. The monoisotopic (exact) mass is 296 g/mol. The fourth-order valence-electron chi connectivity index (χ4n) is 1.32. The average Bonchev–Trinajstić information content (AvgIpc) is 2.70. The molecular weight excluding hydrogens is 279 g/mol. The first kappa shape index (κ1) is 16.7. The molecule has 1 amide bonds. The van der Waals surface area contributed by atoms with Crippen LogP contribution in [0.5, 0.6) is 0 Å². The molecule has 0 aliphatic rings. The molecule has 1 rings (SSSR count). The molecule has 1 atom stereocenters. The lowest BCUT2D eigenvalue weighted by Crippen LogP contribution is -2.29. The summed E-state index contributed by atoms with van der Waals surface area (Å²) < 4.78 is 0.727. The van der Waals surface area contributed by atoms with Crippen LogP contribution in [0.25, 0.3) is 0 Å². The van der Waals surface area contributed by atoms with Crippen molar-refractivity contribution in [3.05, 3.63) is 21.3 Å². The maximum Gasteiger partial charge on any atom is 0.228 e. The van der Waals surface area contributed by atoms with E-state index >= 15 is 0 Å². The number of amides is 1. The Morgan fingerprint density at radius 2 is 2.18 bits per heavy atom. The predicted octanol–water partition coefficient (Wildman–Crippen LogP) is 2.65. The number of hydrogen-bond donors (Lipinski definition) is 2. The highest BCUT2D eigenvalue weighted by molar-refractivity contribution is 7.16. The van der Waals surface area contributed by atoms with Gasteiger partial charge in [0.15, 0.2) is 0 Å². The summed E-state index contributed by atoms with van der Waals surface area (Å²) in [5.41, 5.74) is 0. The average molecular weight is 297 g/mol. The summed E-state index contributed by atoms with van der Waals surface area (Å²) in [7, 11) is 1.90. The van der Waals surface area contributed by atoms with E-state index < -0.39 is 0 Å². The van der Waals surface area contributed by atoms with Gasteiger partial charge in [0.25, 0.3) is 0 Å². The molecule has 0 saturated heterocycles. The van der Waals surface area contributed by atoms with Crippen molar-refractivity contribution in [3.8, 4) is 0 Å². The lowest BCUT2D eigenvalue weighted by molar-refractivity contribution is -0.122. The van der Waals surface area contributed by atoms with E-state index in [1.807, 2.05) is 26.1 Å². The lowest BCUT2D eigenvalue weighted by atomic mass is 10.1.